The number of rotatable bonds is 4. The standard InChI is InChI=1S/C20H24N2O4S2/c23-20(19-13-15-5-2-1-3-8-18(15)27-19)21-16-6-4-7-17(14-16)28(24,25)22-9-11-26-12-10-22/h4,6-7,13-14H,1-3,5,8-12H2,(H,21,23). The van der Waals surface area contributed by atoms with Gasteiger partial charge in [-0.15, -0.1) is 11.3 Å². The first kappa shape index (κ1) is 19.6. The molecule has 1 aromatic carbocycles. The lowest BCUT2D eigenvalue weighted by molar-refractivity contribution is 0.0730. The molecule has 1 aromatic heterocycles. The van der Waals surface area contributed by atoms with Crippen LogP contribution in [0.4, 0.5) is 5.69 Å². The highest BCUT2D eigenvalue weighted by molar-refractivity contribution is 7.89. The number of benzene rings is 1. The number of sulfonamides is 1. The van der Waals surface area contributed by atoms with Gasteiger partial charge in [0.2, 0.25) is 10.0 Å². The molecule has 6 nitrogen and oxygen atoms in total. The molecule has 1 fully saturated rings. The molecule has 1 saturated heterocycles. The number of nitrogens with one attached hydrogen (secondary N) is 1. The Morgan fingerprint density at radius 3 is 2.68 bits per heavy atom. The van der Waals surface area contributed by atoms with Crippen LogP contribution in [0.15, 0.2) is 35.2 Å². The van der Waals surface area contributed by atoms with E-state index in [0.717, 1.165) is 12.8 Å². The van der Waals surface area contributed by atoms with Crippen molar-refractivity contribution in [1.82, 2.24) is 4.31 Å². The van der Waals surface area contributed by atoms with E-state index in [9.17, 15) is 13.2 Å². The van der Waals surface area contributed by atoms with E-state index in [0.29, 0.717) is 36.9 Å². The number of thiophene rings is 1. The number of ether oxygens (including phenoxy) is 1. The summed E-state index contributed by atoms with van der Waals surface area (Å²) in [7, 11) is -3.59. The van der Waals surface area contributed by atoms with E-state index in [1.54, 1.807) is 29.5 Å². The first-order chi connectivity index (χ1) is 13.5. The molecule has 1 N–H and O–H groups in total. The van der Waals surface area contributed by atoms with Crippen LogP contribution in [0.2, 0.25) is 0 Å². The monoisotopic (exact) mass is 420 g/mol. The maximum Gasteiger partial charge on any atom is 0.265 e. The van der Waals surface area contributed by atoms with Crippen molar-refractivity contribution in [2.75, 3.05) is 31.6 Å². The largest absolute Gasteiger partial charge is 0.379 e. The molecule has 0 radical (unpaired) electrons. The van der Waals surface area contributed by atoms with Crippen LogP contribution in [0.25, 0.3) is 0 Å². The van der Waals surface area contributed by atoms with Crippen molar-refractivity contribution in [2.45, 2.75) is 37.0 Å². The van der Waals surface area contributed by atoms with Crippen LogP contribution >= 0.6 is 11.3 Å². The van der Waals surface area contributed by atoms with Crippen molar-refractivity contribution >= 4 is 33.0 Å². The second-order valence-corrected chi connectivity index (χ2v) is 10.2. The third-order valence-electron chi connectivity index (χ3n) is 5.17. The predicted molar refractivity (Wildman–Crippen MR) is 110 cm³/mol. The average molecular weight is 421 g/mol. The fourth-order valence-corrected chi connectivity index (χ4v) is 6.25. The second kappa shape index (κ2) is 8.32. The van der Waals surface area contributed by atoms with Gasteiger partial charge in [-0.3, -0.25) is 4.79 Å². The van der Waals surface area contributed by atoms with Gasteiger partial charge in [0.25, 0.3) is 5.91 Å². The molecule has 28 heavy (non-hydrogen) atoms. The molecule has 0 spiro atoms. The first-order valence-electron chi connectivity index (χ1n) is 9.65. The molecule has 0 saturated carbocycles. The van der Waals surface area contributed by atoms with Crippen LogP contribution in [-0.4, -0.2) is 44.9 Å². The van der Waals surface area contributed by atoms with Gasteiger partial charge in [0.15, 0.2) is 0 Å². The van der Waals surface area contributed by atoms with E-state index in [2.05, 4.69) is 5.32 Å². The average Bonchev–Trinajstić information content (AvgIpc) is 3.00. The molecule has 1 aliphatic heterocycles. The summed E-state index contributed by atoms with van der Waals surface area (Å²) in [5, 5.41) is 2.86. The molecular weight excluding hydrogens is 396 g/mol. The Hall–Kier alpha value is -1.74. The van der Waals surface area contributed by atoms with Crippen LogP contribution in [0.5, 0.6) is 0 Å². The quantitative estimate of drug-likeness (QED) is 0.770. The Kier molecular flexibility index (Phi) is 5.82. The third kappa shape index (κ3) is 4.15. The summed E-state index contributed by atoms with van der Waals surface area (Å²) >= 11 is 1.56. The third-order valence-corrected chi connectivity index (χ3v) is 8.30. The summed E-state index contributed by atoms with van der Waals surface area (Å²) in [4.78, 5) is 14.9. The van der Waals surface area contributed by atoms with Crippen LogP contribution in [0, 0.1) is 0 Å². The zero-order valence-corrected chi connectivity index (χ0v) is 17.3. The van der Waals surface area contributed by atoms with Crippen LogP contribution in [0.1, 0.15) is 39.4 Å². The fraction of sp³-hybridized carbons (Fsp3) is 0.450. The Morgan fingerprint density at radius 1 is 1.07 bits per heavy atom. The minimum atomic E-state index is -3.59. The summed E-state index contributed by atoms with van der Waals surface area (Å²) in [6.07, 6.45) is 5.67. The van der Waals surface area contributed by atoms with Gasteiger partial charge >= 0.3 is 0 Å². The summed E-state index contributed by atoms with van der Waals surface area (Å²) in [5.41, 5.74) is 1.78. The molecule has 0 atom stereocenters. The van der Waals surface area contributed by atoms with Crippen LogP contribution in [0.3, 0.4) is 0 Å². The Morgan fingerprint density at radius 2 is 1.86 bits per heavy atom. The SMILES string of the molecule is O=C(Nc1cccc(S(=O)(=O)N2CCOCC2)c1)c1cc2c(s1)CCCCC2. The summed E-state index contributed by atoms with van der Waals surface area (Å²) in [5.74, 6) is -0.181. The van der Waals surface area contributed by atoms with Crippen molar-refractivity contribution in [3.05, 3.63) is 45.6 Å². The molecule has 8 heteroatoms. The van der Waals surface area contributed by atoms with E-state index in [4.69, 9.17) is 4.74 Å². The van der Waals surface area contributed by atoms with Crippen molar-refractivity contribution < 1.29 is 17.9 Å². The maximum absolute atomic E-state index is 12.8. The van der Waals surface area contributed by atoms with Crippen LogP contribution in [-0.2, 0) is 27.6 Å². The Labute approximate surface area is 169 Å². The van der Waals surface area contributed by atoms with Gasteiger partial charge in [-0.2, -0.15) is 4.31 Å². The highest BCUT2D eigenvalue weighted by Crippen LogP contribution is 2.30. The van der Waals surface area contributed by atoms with Gasteiger partial charge in [-0.1, -0.05) is 12.5 Å². The first-order valence-corrected chi connectivity index (χ1v) is 11.9. The van der Waals surface area contributed by atoms with Gasteiger partial charge in [0.05, 0.1) is 23.0 Å². The van der Waals surface area contributed by atoms with E-state index in [1.165, 1.54) is 40.1 Å². The second-order valence-electron chi connectivity index (χ2n) is 7.12. The molecule has 0 bridgehead atoms. The van der Waals surface area contributed by atoms with Gasteiger partial charge in [0.1, 0.15) is 0 Å². The minimum absolute atomic E-state index is 0.181. The molecule has 1 aliphatic carbocycles. The molecule has 2 aliphatic rings. The highest BCUT2D eigenvalue weighted by atomic mass is 32.2. The van der Waals surface area contributed by atoms with Crippen molar-refractivity contribution in [2.24, 2.45) is 0 Å². The Balaban J connectivity index is 1.51. The van der Waals surface area contributed by atoms with E-state index in [-0.39, 0.29) is 10.8 Å². The number of carbonyl (C=O) groups is 1. The molecular formula is C20H24N2O4S2. The molecule has 0 unspecified atom stereocenters. The number of hydrogen-bond donors (Lipinski definition) is 1. The number of fused-ring (bicyclic) bond motifs is 1. The molecule has 150 valence electrons. The number of anilines is 1. The zero-order chi connectivity index (χ0) is 19.6. The van der Waals surface area contributed by atoms with E-state index >= 15 is 0 Å². The smallest absolute Gasteiger partial charge is 0.265 e. The topological polar surface area (TPSA) is 75.7 Å². The lowest BCUT2D eigenvalue weighted by Crippen LogP contribution is -2.40. The number of amides is 1. The molecule has 2 aromatic rings. The van der Waals surface area contributed by atoms with Crippen LogP contribution < -0.4 is 5.32 Å². The summed E-state index contributed by atoms with van der Waals surface area (Å²) in [6, 6.07) is 8.46. The highest BCUT2D eigenvalue weighted by Gasteiger charge is 2.26. The lowest BCUT2D eigenvalue weighted by atomic mass is 10.1. The lowest BCUT2D eigenvalue weighted by Gasteiger charge is -2.26. The predicted octanol–water partition coefficient (Wildman–Crippen LogP) is 3.29. The maximum atomic E-state index is 12.8. The normalized spacial score (nSPS) is 18.3. The summed E-state index contributed by atoms with van der Waals surface area (Å²) in [6.45, 7) is 1.50. The van der Waals surface area contributed by atoms with Gasteiger partial charge < -0.3 is 10.1 Å². The fourth-order valence-electron chi connectivity index (χ4n) is 3.64. The number of aryl methyl sites for hydroxylation is 2. The zero-order valence-electron chi connectivity index (χ0n) is 15.6. The van der Waals surface area contributed by atoms with Crippen molar-refractivity contribution in [3.8, 4) is 0 Å². The van der Waals surface area contributed by atoms with Gasteiger partial charge in [-0.25, -0.2) is 8.42 Å². The number of hydrogen-bond acceptors (Lipinski definition) is 5. The van der Waals surface area contributed by atoms with E-state index in [1.807, 2.05) is 6.07 Å². The molecule has 2 heterocycles. The van der Waals surface area contributed by atoms with Crippen molar-refractivity contribution in [3.63, 3.8) is 0 Å². The van der Waals surface area contributed by atoms with Crippen molar-refractivity contribution in [1.29, 1.82) is 0 Å². The number of nitrogens with zero attached hydrogens (tertiary/aromatic N) is 1. The summed E-state index contributed by atoms with van der Waals surface area (Å²) < 4.78 is 32.3. The molecule has 4 rings (SSSR count). The number of carbonyl (C=O) groups excluding carboxylic acids is 1. The Bertz CT molecular complexity index is 939. The van der Waals surface area contributed by atoms with Gasteiger partial charge in [0, 0.05) is 23.7 Å². The minimum Gasteiger partial charge on any atom is -0.379 e. The van der Waals surface area contributed by atoms with E-state index < -0.39 is 10.0 Å². The van der Waals surface area contributed by atoms with Gasteiger partial charge in [-0.05, 0) is 55.5 Å². The molecule has 1 amide bonds. The number of morpholine rings is 1.